The van der Waals surface area contributed by atoms with Crippen LogP contribution in [0.5, 0.6) is 0 Å². The third-order valence-corrected chi connectivity index (χ3v) is 1.87. The zero-order valence-electron chi connectivity index (χ0n) is 12.5. The van der Waals surface area contributed by atoms with Gasteiger partial charge in [0.2, 0.25) is 0 Å². The molecule has 0 saturated carbocycles. The maximum atomic E-state index is 11.3. The van der Waals surface area contributed by atoms with E-state index in [1.165, 1.54) is 0 Å². The molecule has 4 heteroatoms. The lowest BCUT2D eigenvalue weighted by atomic mass is 10.2. The summed E-state index contributed by atoms with van der Waals surface area (Å²) in [4.78, 5) is 21.7. The number of ether oxygens (including phenoxy) is 1. The summed E-state index contributed by atoms with van der Waals surface area (Å²) < 4.78 is 12.0. The summed E-state index contributed by atoms with van der Waals surface area (Å²) in [6.07, 6.45) is 2.30. The van der Waals surface area contributed by atoms with Crippen LogP contribution >= 0.6 is 0 Å². The van der Waals surface area contributed by atoms with Crippen molar-refractivity contribution in [3.8, 4) is 0 Å². The second-order valence-electron chi connectivity index (χ2n) is 5.07. The molecule has 102 valence electrons. The summed E-state index contributed by atoms with van der Waals surface area (Å²) >= 11 is 0. The maximum Gasteiger partial charge on any atom is 0.305 e. The molecule has 0 aromatic rings. The van der Waals surface area contributed by atoms with Crippen LogP contribution in [0, 0.1) is 0 Å². The summed E-state index contributed by atoms with van der Waals surface area (Å²) in [5.74, 6) is -0.216. The van der Waals surface area contributed by atoms with Gasteiger partial charge in [-0.05, 0) is 40.5 Å². The average Bonchev–Trinajstić information content (AvgIpc) is 2.28. The Morgan fingerprint density at radius 2 is 2.12 bits per heavy atom. The van der Waals surface area contributed by atoms with Crippen molar-refractivity contribution in [2.24, 2.45) is 0 Å². The number of rotatable bonds is 8. The van der Waals surface area contributed by atoms with Crippen LogP contribution in [0.4, 0.5) is 0 Å². The second kappa shape index (κ2) is 8.48. The van der Waals surface area contributed by atoms with Gasteiger partial charge in [0.1, 0.15) is 0 Å². The first-order chi connectivity index (χ1) is 8.35. The Morgan fingerprint density at radius 3 is 2.71 bits per heavy atom. The van der Waals surface area contributed by atoms with Crippen LogP contribution < -0.4 is 0 Å². The monoisotopic (exact) mass is 247 g/mol. The van der Waals surface area contributed by atoms with E-state index in [2.05, 4.69) is 0 Å². The molecule has 0 saturated heterocycles. The predicted molar refractivity (Wildman–Crippen MR) is 66.5 cm³/mol. The van der Waals surface area contributed by atoms with Crippen molar-refractivity contribution in [2.45, 2.75) is 72.0 Å². The van der Waals surface area contributed by atoms with Crippen molar-refractivity contribution in [1.29, 1.82) is 0 Å². The highest BCUT2D eigenvalue weighted by atomic mass is 17.2. The molecule has 0 N–H and O–H groups in total. The molecule has 0 aromatic heterocycles. The van der Waals surface area contributed by atoms with E-state index in [1.807, 2.05) is 27.7 Å². The number of hydrogen-bond donors (Lipinski definition) is 0. The molecule has 4 nitrogen and oxygen atoms in total. The van der Waals surface area contributed by atoms with E-state index in [9.17, 15) is 4.79 Å². The van der Waals surface area contributed by atoms with Gasteiger partial charge in [-0.2, -0.15) is 0 Å². The molecular weight excluding hydrogens is 220 g/mol. The van der Waals surface area contributed by atoms with Gasteiger partial charge in [0.15, 0.2) is 0 Å². The molecule has 0 heterocycles. The Morgan fingerprint density at radius 1 is 1.41 bits per heavy atom. The maximum absolute atomic E-state index is 11.3. The molecule has 1 atom stereocenters. The fraction of sp³-hybridized carbons (Fsp3) is 0.923. The lowest BCUT2D eigenvalue weighted by Crippen LogP contribution is -2.23. The zero-order chi connectivity index (χ0) is 14.0. The van der Waals surface area contributed by atoms with Gasteiger partial charge in [0.05, 0.1) is 18.3 Å². The van der Waals surface area contributed by atoms with E-state index in [0.717, 1.165) is 12.8 Å². The Bertz CT molecular complexity index is 226. The quantitative estimate of drug-likeness (QED) is 0.286. The normalized spacial score (nSPS) is 14.2. The Hall–Kier alpha value is -0.610. The molecule has 17 heavy (non-hydrogen) atoms. The highest BCUT2D eigenvalue weighted by Gasteiger charge is 2.15. The van der Waals surface area contributed by atoms with Crippen molar-refractivity contribution in [1.82, 2.24) is 0 Å². The zero-order valence-corrected chi connectivity index (χ0v) is 11.5. The van der Waals surface area contributed by atoms with Gasteiger partial charge in [0.25, 0.3) is 0 Å². The minimum absolute atomic E-state index is 0.134. The van der Waals surface area contributed by atoms with Crippen molar-refractivity contribution in [3.63, 3.8) is 0 Å². The Kier molecular flexibility index (Phi) is 7.21. The lowest BCUT2D eigenvalue weighted by molar-refractivity contribution is -0.370. The fourth-order valence-corrected chi connectivity index (χ4v) is 0.956. The van der Waals surface area contributed by atoms with Gasteiger partial charge < -0.3 is 4.74 Å². The van der Waals surface area contributed by atoms with Crippen molar-refractivity contribution >= 4 is 5.97 Å². The van der Waals surface area contributed by atoms with Crippen LogP contribution in [0.1, 0.15) is 61.6 Å². The largest absolute Gasteiger partial charge is 0.466 e. The van der Waals surface area contributed by atoms with Crippen LogP contribution in [0.15, 0.2) is 0 Å². The molecule has 0 rings (SSSR count). The van der Waals surface area contributed by atoms with E-state index in [1.54, 1.807) is 0 Å². The summed E-state index contributed by atoms with van der Waals surface area (Å²) in [6.45, 7) is 8.36. The second-order valence-corrected chi connectivity index (χ2v) is 5.07. The smallest absolute Gasteiger partial charge is 0.305 e. The summed E-state index contributed by atoms with van der Waals surface area (Å²) in [5.41, 5.74) is -0.342. The van der Waals surface area contributed by atoms with Crippen LogP contribution in [-0.4, -0.2) is 24.3 Å². The number of hydrogen-bond acceptors (Lipinski definition) is 4. The van der Waals surface area contributed by atoms with Gasteiger partial charge in [-0.25, -0.2) is 9.78 Å². The summed E-state index contributed by atoms with van der Waals surface area (Å²) in [5, 5.41) is 0. The van der Waals surface area contributed by atoms with Gasteiger partial charge in [-0.3, -0.25) is 4.79 Å². The van der Waals surface area contributed by atoms with E-state index < -0.39 is 0 Å². The highest BCUT2D eigenvalue weighted by Crippen LogP contribution is 2.11. The van der Waals surface area contributed by atoms with E-state index >= 15 is 0 Å². The third kappa shape index (κ3) is 11.6. The first-order valence-corrected chi connectivity index (χ1v) is 6.14. The molecule has 0 aliphatic rings. The number of esters is 1. The predicted octanol–water partition coefficient (Wildman–Crippen LogP) is 3.25. The number of carbonyl (C=O) groups excluding carboxylic acids is 1. The van der Waals surface area contributed by atoms with Crippen LogP contribution in [-0.2, 0) is 19.3 Å². The third-order valence-electron chi connectivity index (χ3n) is 1.87. The van der Waals surface area contributed by atoms with Crippen LogP contribution in [0.2, 0.25) is 0 Å². The molecule has 0 aliphatic carbocycles. The minimum atomic E-state index is -0.342. The van der Waals surface area contributed by atoms with Gasteiger partial charge in [-0.1, -0.05) is 13.3 Å². The van der Waals surface area contributed by atoms with Crippen molar-refractivity contribution in [3.05, 3.63) is 0 Å². The fourth-order valence-electron chi connectivity index (χ4n) is 0.956. The van der Waals surface area contributed by atoms with Crippen molar-refractivity contribution < 1.29 is 20.7 Å². The number of carbonyl (C=O) groups is 1. The lowest BCUT2D eigenvalue weighted by Gasteiger charge is -2.20. The first kappa shape index (κ1) is 14.5. The molecule has 0 spiro atoms. The van der Waals surface area contributed by atoms with E-state index in [0.29, 0.717) is 26.3 Å². The number of unbranched alkanes of at least 4 members (excludes halogenated alkanes) is 1. The molecule has 0 aliphatic heterocycles. The topological polar surface area (TPSA) is 44.8 Å². The minimum Gasteiger partial charge on any atom is -0.466 e. The first-order valence-electron chi connectivity index (χ1n) is 6.85. The Labute approximate surface area is 106 Å². The van der Waals surface area contributed by atoms with Gasteiger partial charge in [-0.15, -0.1) is 0 Å². The molecule has 0 radical (unpaired) electrons. The molecule has 0 aromatic carbocycles. The molecule has 0 bridgehead atoms. The Balaban J connectivity index is 3.53. The standard InChI is InChI=1S/C13H26O4/c1-6-7-10-15-12(14)9-8-11(2)16-17-13(3,4)5/h11H,6-10H2,1-5H3/i1D. The highest BCUT2D eigenvalue weighted by molar-refractivity contribution is 5.69. The molecule has 1 unspecified atom stereocenters. The van der Waals surface area contributed by atoms with Crippen LogP contribution in [0.25, 0.3) is 0 Å². The van der Waals surface area contributed by atoms with Gasteiger partial charge in [0, 0.05) is 7.79 Å². The van der Waals surface area contributed by atoms with Gasteiger partial charge >= 0.3 is 5.97 Å². The average molecular weight is 247 g/mol. The van der Waals surface area contributed by atoms with E-state index in [-0.39, 0.29) is 17.7 Å². The van der Waals surface area contributed by atoms with Crippen molar-refractivity contribution in [2.75, 3.05) is 6.61 Å². The summed E-state index contributed by atoms with van der Waals surface area (Å²) in [6, 6.07) is 0. The molecular formula is C13H26O4. The molecule has 0 amide bonds. The SMILES string of the molecule is [2H]CCCCOC(=O)CCC(C)OOC(C)(C)C. The van der Waals surface area contributed by atoms with Crippen LogP contribution in [0.3, 0.4) is 0 Å². The summed E-state index contributed by atoms with van der Waals surface area (Å²) in [7, 11) is 0. The molecule has 0 fully saturated rings. The van der Waals surface area contributed by atoms with E-state index in [4.69, 9.17) is 15.9 Å².